The Kier molecular flexibility index (Phi) is 35.7. The number of hydrogen-bond acceptors (Lipinski definition) is 23. The lowest BCUT2D eigenvalue weighted by molar-refractivity contribution is -0.393. The molecule has 0 spiro atoms. The zero-order valence-electron chi connectivity index (χ0n) is 61.1. The number of aliphatic imine (C=N–C) groups is 2. The molecule has 13 amide bonds. The van der Waals surface area contributed by atoms with Crippen molar-refractivity contribution in [1.82, 2.24) is 58.1 Å². The van der Waals surface area contributed by atoms with E-state index in [-0.39, 0.29) is 125 Å². The fraction of sp³-hybridized carbons (Fsp3) is 0.545. The lowest BCUT2D eigenvalue weighted by atomic mass is 10.0. The third-order valence-electron chi connectivity index (χ3n) is 16.7. The molecule has 598 valence electrons. The first-order chi connectivity index (χ1) is 51.4. The number of non-ortho nitro benzene ring substituents is 1. The van der Waals surface area contributed by atoms with Crippen LogP contribution in [0.5, 0.6) is 5.75 Å². The van der Waals surface area contributed by atoms with Crippen LogP contribution in [0.2, 0.25) is 0 Å². The number of primary amides is 2. The van der Waals surface area contributed by atoms with E-state index < -0.39 is 190 Å². The van der Waals surface area contributed by atoms with Crippen LogP contribution in [0, 0.1) is 32.1 Å². The van der Waals surface area contributed by atoms with Gasteiger partial charge >= 0.3 is 17.6 Å². The molecule has 1 saturated heterocycles. The molecular weight excluding hydrogens is 1440 g/mol. The SMILES string of the molecule is COc1ccc2c(CC(=O)N[C@@H](CCCNC(N)=O)C(=O)N3CCC[C@@H]3C(=O)N[C@@H](CC(C)C)C(=O)NCC(=O)N[C@@H](CC(C)C)C(=O)N[C@H](CNc3ccc([N+](=O)[O-])cc3[N+](=O)[O-])C(=O)N[C@@H](C)C(=O)N[C@H](CCCN=C(N)N)C(=O)N[C@@H](CCC(=O)O)C(=O)N[C@H](CCCN=C(N)N)C(N)=O)cc(=O)oc2c1. The van der Waals surface area contributed by atoms with E-state index in [1.807, 2.05) is 0 Å². The highest BCUT2D eigenvalue weighted by Crippen LogP contribution is 2.30. The Labute approximate surface area is 624 Å². The van der Waals surface area contributed by atoms with Gasteiger partial charge in [-0.2, -0.15) is 0 Å². The first-order valence-electron chi connectivity index (χ1n) is 34.8. The predicted octanol–water partition coefficient (Wildman–Crippen LogP) is -3.72. The monoisotopic (exact) mass is 1530 g/mol. The van der Waals surface area contributed by atoms with Gasteiger partial charge in [0.2, 0.25) is 65.0 Å². The number of guanidine groups is 2. The number of aliphatic carboxylic acids is 1. The number of hydrogen-bond donors (Lipinski definition) is 18. The first-order valence-corrected chi connectivity index (χ1v) is 34.8. The largest absolute Gasteiger partial charge is 0.497 e. The van der Waals surface area contributed by atoms with Crippen molar-refractivity contribution in [2.24, 2.45) is 56.2 Å². The lowest BCUT2D eigenvalue weighted by Crippen LogP contribution is -2.60. The molecule has 0 unspecified atom stereocenters. The Balaban J connectivity index is 1.56. The maximum atomic E-state index is 14.5. The number of ether oxygens (including phenoxy) is 1. The fourth-order valence-electron chi connectivity index (χ4n) is 11.3. The number of rotatable bonds is 46. The highest BCUT2D eigenvalue weighted by molar-refractivity contribution is 5.99. The van der Waals surface area contributed by atoms with Gasteiger partial charge in [-0.25, -0.2) is 9.59 Å². The number of carboxylic acid groups (broad SMARTS) is 1. The van der Waals surface area contributed by atoms with Crippen molar-refractivity contribution in [2.45, 2.75) is 172 Å². The third kappa shape index (κ3) is 30.5. The summed E-state index contributed by atoms with van der Waals surface area (Å²) in [7, 11) is 1.42. The van der Waals surface area contributed by atoms with E-state index in [2.05, 4.69) is 68.5 Å². The van der Waals surface area contributed by atoms with Crippen molar-refractivity contribution in [3.8, 4) is 5.75 Å². The van der Waals surface area contributed by atoms with Crippen LogP contribution in [-0.4, -0.2) is 210 Å². The van der Waals surface area contributed by atoms with Crippen LogP contribution in [0.15, 0.2) is 61.7 Å². The number of carbonyl (C=O) groups excluding carboxylic acids is 12. The summed E-state index contributed by atoms with van der Waals surface area (Å²) in [6.45, 7) is 6.38. The zero-order valence-corrected chi connectivity index (χ0v) is 61.1. The molecule has 0 radical (unpaired) electrons. The van der Waals surface area contributed by atoms with E-state index in [4.69, 9.17) is 43.6 Å². The number of amides is 13. The molecule has 43 nitrogen and oxygen atoms in total. The van der Waals surface area contributed by atoms with Gasteiger partial charge in [0.25, 0.3) is 11.4 Å². The molecule has 0 saturated carbocycles. The minimum absolute atomic E-state index is 0.00399. The van der Waals surface area contributed by atoms with Crippen LogP contribution >= 0.6 is 0 Å². The highest BCUT2D eigenvalue weighted by Gasteiger charge is 2.40. The van der Waals surface area contributed by atoms with E-state index in [0.29, 0.717) is 23.6 Å². The predicted molar refractivity (Wildman–Crippen MR) is 391 cm³/mol. The van der Waals surface area contributed by atoms with E-state index in [1.165, 1.54) is 18.1 Å². The summed E-state index contributed by atoms with van der Waals surface area (Å²) < 4.78 is 10.5. The molecule has 24 N–H and O–H groups in total. The number of nitrogens with zero attached hydrogens (tertiary/aromatic N) is 5. The van der Waals surface area contributed by atoms with Crippen LogP contribution < -0.4 is 103 Å². The smallest absolute Gasteiger partial charge is 0.336 e. The molecule has 43 heteroatoms. The third-order valence-corrected chi connectivity index (χ3v) is 16.7. The molecule has 1 aromatic heterocycles. The van der Waals surface area contributed by atoms with Crippen LogP contribution in [0.1, 0.15) is 117 Å². The molecule has 1 aliphatic rings. The van der Waals surface area contributed by atoms with Gasteiger partial charge in [0.05, 0.1) is 36.0 Å². The summed E-state index contributed by atoms with van der Waals surface area (Å²) in [5.74, 6) is -12.6. The molecule has 109 heavy (non-hydrogen) atoms. The molecule has 4 rings (SSSR count). The molecule has 3 aromatic rings. The number of fused-ring (bicyclic) bond motifs is 1. The van der Waals surface area contributed by atoms with Gasteiger partial charge in [0.1, 0.15) is 71.4 Å². The number of urea groups is 1. The average molecular weight is 1540 g/mol. The zero-order chi connectivity index (χ0) is 81.4. The second kappa shape index (κ2) is 43.8. The topological polar surface area (TPSA) is 684 Å². The number of methoxy groups -OCH3 is 1. The molecule has 2 heterocycles. The fourth-order valence-corrected chi connectivity index (χ4v) is 11.3. The number of nitro benzene ring substituents is 2. The van der Waals surface area contributed by atoms with Crippen molar-refractivity contribution in [1.29, 1.82) is 0 Å². The van der Waals surface area contributed by atoms with Crippen LogP contribution in [0.25, 0.3) is 11.0 Å². The number of nitro groups is 2. The first kappa shape index (κ1) is 88.9. The summed E-state index contributed by atoms with van der Waals surface area (Å²) in [5, 5.41) is 61.2. The number of nitrogens with two attached hydrogens (primary N) is 6. The Bertz CT molecular complexity index is 3920. The molecule has 2 aromatic carbocycles. The summed E-state index contributed by atoms with van der Waals surface area (Å²) in [5.41, 5.74) is 30.2. The van der Waals surface area contributed by atoms with Gasteiger partial charge in [-0.1, -0.05) is 27.7 Å². The van der Waals surface area contributed by atoms with Crippen molar-refractivity contribution in [3.05, 3.63) is 78.7 Å². The maximum absolute atomic E-state index is 14.5. The van der Waals surface area contributed by atoms with Crippen molar-refractivity contribution in [3.63, 3.8) is 0 Å². The van der Waals surface area contributed by atoms with Crippen LogP contribution in [-0.2, 0) is 64.0 Å². The number of anilines is 1. The summed E-state index contributed by atoms with van der Waals surface area (Å²) in [6.07, 6.45) is -1.44. The van der Waals surface area contributed by atoms with Gasteiger partial charge in [-0.3, -0.25) is 87.7 Å². The quantitative estimate of drug-likeness (QED) is 0.00646. The normalized spacial score (nSPS) is 14.6. The van der Waals surface area contributed by atoms with E-state index in [1.54, 1.807) is 39.8 Å². The van der Waals surface area contributed by atoms with Crippen molar-refractivity contribution in [2.75, 3.05) is 51.7 Å². The molecule has 0 bridgehead atoms. The van der Waals surface area contributed by atoms with E-state index in [9.17, 15) is 92.5 Å². The maximum Gasteiger partial charge on any atom is 0.336 e. The molecule has 1 aliphatic heterocycles. The van der Waals surface area contributed by atoms with Gasteiger partial charge in [0, 0.05) is 62.7 Å². The molecule has 0 aliphatic carbocycles. The lowest BCUT2D eigenvalue weighted by Gasteiger charge is -2.30. The van der Waals surface area contributed by atoms with E-state index in [0.717, 1.165) is 25.1 Å². The number of carbonyl (C=O) groups is 13. The number of nitrogens with one attached hydrogen (secondary N) is 11. The van der Waals surface area contributed by atoms with Crippen molar-refractivity contribution < 1.29 is 86.4 Å². The standard InChI is InChI=1S/C66H98N22O21/c1-33(2)25-45(84-62(101)48-14-10-24-86(48)63(102)44(13-9-23-75-66(72)103)79-51(89)27-36-28-54(93)109-50-30-38(108-6)16-17-39(36)50)57(96)77-32-52(90)80-46(26-34(3)4)60(99)85-47(31-76-40-18-15-37(87(104)105)29-49(40)88(106)107)61(100)78-35(5)56(95)82-42(12-8-22-74-65(70)71)58(97)83-43(19-20-53(91)92)59(98)81-41(55(67)94)11-7-21-73-64(68)69/h15-18,28-30,33-35,41-48,76H,7-14,19-27,31-32H2,1-6H3,(H2,67,94)(H,77,96)(H,78,100)(H,79,89)(H,80,90)(H,81,98)(H,82,95)(H,83,97)(H,84,101)(H,85,99)(H,91,92)(H4,68,69,73)(H4,70,71,74)(H3,72,75,103)/t35-,41+,42+,43-,44-,45-,46-,47+,48+/m0/s1. The average Bonchev–Trinajstić information content (AvgIpc) is 1.80. The van der Waals surface area contributed by atoms with Crippen molar-refractivity contribution >= 4 is 117 Å². The second-order valence-corrected chi connectivity index (χ2v) is 26.3. The van der Waals surface area contributed by atoms with Crippen LogP contribution in [0.4, 0.5) is 21.9 Å². The molecular formula is C66H98N22O21. The number of carboxylic acids is 1. The Morgan fingerprint density at radius 2 is 1.18 bits per heavy atom. The second-order valence-electron chi connectivity index (χ2n) is 26.3. The summed E-state index contributed by atoms with van der Waals surface area (Å²) >= 11 is 0. The van der Waals surface area contributed by atoms with Gasteiger partial charge in [0.15, 0.2) is 11.9 Å². The Morgan fingerprint density at radius 3 is 1.76 bits per heavy atom. The molecule has 9 atom stereocenters. The highest BCUT2D eigenvalue weighted by atomic mass is 16.6. The van der Waals surface area contributed by atoms with E-state index >= 15 is 0 Å². The Hall–Kier alpha value is -12.5. The Morgan fingerprint density at radius 1 is 0.624 bits per heavy atom. The minimum Gasteiger partial charge on any atom is -0.497 e. The summed E-state index contributed by atoms with van der Waals surface area (Å²) in [4.78, 5) is 220. The number of likely N-dealkylation sites (tertiary alicyclic amines) is 1. The van der Waals surface area contributed by atoms with Gasteiger partial charge in [-0.15, -0.1) is 0 Å². The number of benzene rings is 2. The minimum atomic E-state index is -1.86. The molecule has 1 fully saturated rings. The van der Waals surface area contributed by atoms with Crippen LogP contribution in [0.3, 0.4) is 0 Å². The van der Waals surface area contributed by atoms with Gasteiger partial charge in [-0.05, 0) is 113 Å². The summed E-state index contributed by atoms with van der Waals surface area (Å²) in [6, 6.07) is -5.95. The van der Waals surface area contributed by atoms with Gasteiger partial charge < -0.3 is 112 Å².